The molecule has 0 aromatic rings. The van der Waals surface area contributed by atoms with E-state index in [0.29, 0.717) is 12.3 Å². The van der Waals surface area contributed by atoms with Crippen molar-refractivity contribution >= 4 is 24.2 Å². The summed E-state index contributed by atoms with van der Waals surface area (Å²) >= 11 is 0. The zero-order chi connectivity index (χ0) is 15.4. The lowest BCUT2D eigenvalue weighted by Gasteiger charge is -2.38. The molecule has 2 heterocycles. The number of rotatable bonds is 5. The van der Waals surface area contributed by atoms with Crippen LogP contribution in [0.15, 0.2) is 0 Å². The highest BCUT2D eigenvalue weighted by Crippen LogP contribution is 2.21. The van der Waals surface area contributed by atoms with E-state index in [0.717, 1.165) is 45.3 Å². The van der Waals surface area contributed by atoms with Gasteiger partial charge in [0.2, 0.25) is 11.8 Å². The minimum absolute atomic E-state index is 0. The van der Waals surface area contributed by atoms with Crippen molar-refractivity contribution < 1.29 is 9.59 Å². The highest BCUT2D eigenvalue weighted by Gasteiger charge is 2.35. The minimum atomic E-state index is -0.275. The zero-order valence-corrected chi connectivity index (χ0v) is 14.8. The van der Waals surface area contributed by atoms with E-state index < -0.39 is 0 Å². The molecule has 0 aromatic carbocycles. The Morgan fingerprint density at radius 3 is 2.68 bits per heavy atom. The van der Waals surface area contributed by atoms with Crippen molar-refractivity contribution in [2.24, 2.45) is 5.92 Å². The maximum Gasteiger partial charge on any atom is 0.245 e. The fraction of sp³-hybridized carbons (Fsp3) is 0.875. The molecule has 2 rings (SSSR count). The van der Waals surface area contributed by atoms with Gasteiger partial charge in [-0.05, 0) is 38.1 Å². The summed E-state index contributed by atoms with van der Waals surface area (Å²) in [5.74, 6) is 0.676. The van der Waals surface area contributed by atoms with E-state index in [1.807, 2.05) is 16.8 Å². The van der Waals surface area contributed by atoms with Gasteiger partial charge < -0.3 is 15.1 Å². The third kappa shape index (κ3) is 4.59. The molecular weight excluding hydrogens is 302 g/mol. The number of nitrogens with one attached hydrogen (secondary N) is 1. The predicted molar refractivity (Wildman–Crippen MR) is 90.1 cm³/mol. The van der Waals surface area contributed by atoms with Gasteiger partial charge in [-0.15, -0.1) is 12.4 Å². The molecule has 0 bridgehead atoms. The molecule has 0 aromatic heterocycles. The number of carbonyl (C=O) groups is 2. The summed E-state index contributed by atoms with van der Waals surface area (Å²) < 4.78 is 0. The molecule has 1 N–H and O–H groups in total. The summed E-state index contributed by atoms with van der Waals surface area (Å²) in [5, 5.41) is 3.30. The van der Waals surface area contributed by atoms with Gasteiger partial charge >= 0.3 is 0 Å². The molecule has 0 spiro atoms. The van der Waals surface area contributed by atoms with E-state index in [1.165, 1.54) is 0 Å². The first kappa shape index (κ1) is 19.2. The molecule has 2 fully saturated rings. The molecule has 2 aliphatic rings. The van der Waals surface area contributed by atoms with E-state index in [1.54, 1.807) is 0 Å². The number of hydrogen-bond donors (Lipinski definition) is 1. The normalized spacial score (nSPS) is 23.4. The van der Waals surface area contributed by atoms with E-state index in [9.17, 15) is 9.59 Å². The summed E-state index contributed by atoms with van der Waals surface area (Å²) in [6.45, 7) is 6.81. The van der Waals surface area contributed by atoms with Gasteiger partial charge in [-0.25, -0.2) is 0 Å². The SMILES string of the molecule is CC(C)CC(C(=O)N(C)C1CCNC1)N1CCCCC1=O.Cl. The standard InChI is InChI=1S/C16H29N3O2.ClH/c1-12(2)10-14(19-9-5-4-6-15(19)20)16(21)18(3)13-7-8-17-11-13;/h12-14,17H,4-11H2,1-3H3;1H. The number of piperidine rings is 1. The van der Waals surface area contributed by atoms with Crippen LogP contribution in [0.4, 0.5) is 0 Å². The van der Waals surface area contributed by atoms with Gasteiger partial charge in [-0.3, -0.25) is 9.59 Å². The number of likely N-dealkylation sites (tertiary alicyclic amines) is 1. The average Bonchev–Trinajstić information content (AvgIpc) is 2.98. The Hall–Kier alpha value is -0.810. The molecule has 0 saturated carbocycles. The van der Waals surface area contributed by atoms with Crippen molar-refractivity contribution in [1.82, 2.24) is 15.1 Å². The number of amides is 2. The van der Waals surface area contributed by atoms with Gasteiger partial charge in [0, 0.05) is 32.6 Å². The summed E-state index contributed by atoms with van der Waals surface area (Å²) in [4.78, 5) is 28.8. The molecule has 128 valence electrons. The monoisotopic (exact) mass is 331 g/mol. The first-order valence-electron chi connectivity index (χ1n) is 8.27. The number of likely N-dealkylation sites (N-methyl/N-ethyl adjacent to an activating group) is 1. The highest BCUT2D eigenvalue weighted by atomic mass is 35.5. The molecule has 22 heavy (non-hydrogen) atoms. The quantitative estimate of drug-likeness (QED) is 0.833. The van der Waals surface area contributed by atoms with Crippen LogP contribution in [0.1, 0.15) is 46.0 Å². The summed E-state index contributed by atoms with van der Waals surface area (Å²) in [6, 6.07) is -0.00421. The van der Waals surface area contributed by atoms with Crippen molar-refractivity contribution in [3.63, 3.8) is 0 Å². The van der Waals surface area contributed by atoms with Crippen molar-refractivity contribution in [3.05, 3.63) is 0 Å². The summed E-state index contributed by atoms with van der Waals surface area (Å²) in [5.41, 5.74) is 0. The Bertz CT molecular complexity index is 384. The Labute approximate surface area is 140 Å². The van der Waals surface area contributed by atoms with E-state index >= 15 is 0 Å². The van der Waals surface area contributed by atoms with Crippen molar-refractivity contribution in [1.29, 1.82) is 0 Å². The van der Waals surface area contributed by atoms with Crippen molar-refractivity contribution in [2.45, 2.75) is 58.0 Å². The Kier molecular flexibility index (Phi) is 7.63. The van der Waals surface area contributed by atoms with Crippen LogP contribution in [0.2, 0.25) is 0 Å². The molecule has 6 heteroatoms. The van der Waals surface area contributed by atoms with Gasteiger partial charge in [-0.2, -0.15) is 0 Å². The maximum absolute atomic E-state index is 12.9. The van der Waals surface area contributed by atoms with Gasteiger partial charge in [0.25, 0.3) is 0 Å². The fourth-order valence-corrected chi connectivity index (χ4v) is 3.35. The van der Waals surface area contributed by atoms with Crippen molar-refractivity contribution in [2.75, 3.05) is 26.7 Å². The van der Waals surface area contributed by atoms with Crippen LogP contribution in [0.5, 0.6) is 0 Å². The van der Waals surface area contributed by atoms with Crippen molar-refractivity contribution in [3.8, 4) is 0 Å². The van der Waals surface area contributed by atoms with Crippen LogP contribution in [0, 0.1) is 5.92 Å². The highest BCUT2D eigenvalue weighted by molar-refractivity contribution is 5.88. The molecule has 2 atom stereocenters. The second-order valence-electron chi connectivity index (χ2n) is 6.79. The lowest BCUT2D eigenvalue weighted by Crippen LogP contribution is -2.54. The van der Waals surface area contributed by atoms with Crippen LogP contribution >= 0.6 is 12.4 Å². The maximum atomic E-state index is 12.9. The zero-order valence-electron chi connectivity index (χ0n) is 14.0. The Morgan fingerprint density at radius 1 is 1.41 bits per heavy atom. The third-order valence-corrected chi connectivity index (χ3v) is 4.65. The molecule has 0 radical (unpaired) electrons. The third-order valence-electron chi connectivity index (χ3n) is 4.65. The van der Waals surface area contributed by atoms with Gasteiger partial charge in [0.15, 0.2) is 0 Å². The lowest BCUT2D eigenvalue weighted by molar-refractivity contribution is -0.148. The Morgan fingerprint density at radius 2 is 2.14 bits per heavy atom. The molecule has 2 unspecified atom stereocenters. The second-order valence-corrected chi connectivity index (χ2v) is 6.79. The first-order valence-corrected chi connectivity index (χ1v) is 8.27. The topological polar surface area (TPSA) is 52.7 Å². The number of hydrogen-bond acceptors (Lipinski definition) is 3. The van der Waals surface area contributed by atoms with E-state index in [-0.39, 0.29) is 36.3 Å². The predicted octanol–water partition coefficient (Wildman–Crippen LogP) is 1.66. The molecule has 2 amide bonds. The number of nitrogens with zero attached hydrogens (tertiary/aromatic N) is 2. The molecule has 0 aliphatic carbocycles. The minimum Gasteiger partial charge on any atom is -0.340 e. The number of carbonyl (C=O) groups excluding carboxylic acids is 2. The smallest absolute Gasteiger partial charge is 0.245 e. The van der Waals surface area contributed by atoms with Crippen LogP contribution in [0.25, 0.3) is 0 Å². The van der Waals surface area contributed by atoms with Crippen LogP contribution in [-0.4, -0.2) is 60.4 Å². The molecule has 5 nitrogen and oxygen atoms in total. The van der Waals surface area contributed by atoms with Gasteiger partial charge in [0.05, 0.1) is 0 Å². The Balaban J connectivity index is 0.00000242. The average molecular weight is 332 g/mol. The van der Waals surface area contributed by atoms with Gasteiger partial charge in [0.1, 0.15) is 6.04 Å². The largest absolute Gasteiger partial charge is 0.340 e. The first-order chi connectivity index (χ1) is 10.0. The lowest BCUT2D eigenvalue weighted by atomic mass is 9.97. The van der Waals surface area contributed by atoms with E-state index in [4.69, 9.17) is 0 Å². The molecular formula is C16H30ClN3O2. The van der Waals surface area contributed by atoms with Crippen LogP contribution in [-0.2, 0) is 9.59 Å². The summed E-state index contributed by atoms with van der Waals surface area (Å²) in [6.07, 6.45) is 4.33. The summed E-state index contributed by atoms with van der Waals surface area (Å²) in [7, 11) is 1.89. The molecule has 2 aliphatic heterocycles. The second kappa shape index (κ2) is 8.73. The number of halogens is 1. The molecule has 2 saturated heterocycles. The van der Waals surface area contributed by atoms with E-state index in [2.05, 4.69) is 19.2 Å². The fourth-order valence-electron chi connectivity index (χ4n) is 3.35. The van der Waals surface area contributed by atoms with Gasteiger partial charge in [-0.1, -0.05) is 13.8 Å². The van der Waals surface area contributed by atoms with Crippen LogP contribution < -0.4 is 5.32 Å². The van der Waals surface area contributed by atoms with Crippen LogP contribution in [0.3, 0.4) is 0 Å².